The van der Waals surface area contributed by atoms with Gasteiger partial charge in [0.1, 0.15) is 5.75 Å². The summed E-state index contributed by atoms with van der Waals surface area (Å²) in [5.74, 6) is 1.06. The number of aryl methyl sites for hydroxylation is 1. The van der Waals surface area contributed by atoms with Gasteiger partial charge in [0.2, 0.25) is 5.91 Å². The van der Waals surface area contributed by atoms with E-state index in [0.717, 1.165) is 43.8 Å². The van der Waals surface area contributed by atoms with Crippen molar-refractivity contribution >= 4 is 16.8 Å². The topological polar surface area (TPSA) is 34.5 Å². The third-order valence-electron chi connectivity index (χ3n) is 7.02. The molecular formula is C30H32N2O2. The number of hydrogen-bond donors (Lipinski definition) is 0. The van der Waals surface area contributed by atoms with E-state index in [2.05, 4.69) is 78.4 Å². The Balaban J connectivity index is 1.56. The first-order chi connectivity index (χ1) is 16.6. The van der Waals surface area contributed by atoms with Crippen molar-refractivity contribution < 1.29 is 9.53 Å². The zero-order valence-electron chi connectivity index (χ0n) is 20.0. The number of ether oxygens (including phenoxy) is 1. The van der Waals surface area contributed by atoms with E-state index in [9.17, 15) is 4.79 Å². The number of para-hydroxylation sites is 1. The lowest BCUT2D eigenvalue weighted by Crippen LogP contribution is -2.29. The van der Waals surface area contributed by atoms with E-state index in [1.807, 2.05) is 17.0 Å². The van der Waals surface area contributed by atoms with Crippen molar-refractivity contribution in [2.45, 2.75) is 38.6 Å². The molecule has 1 aliphatic rings. The highest BCUT2D eigenvalue weighted by molar-refractivity contribution is 5.87. The lowest BCUT2D eigenvalue weighted by molar-refractivity contribution is -0.130. The highest BCUT2D eigenvalue weighted by Crippen LogP contribution is 2.36. The summed E-state index contributed by atoms with van der Waals surface area (Å²) in [5, 5.41) is 1.21. The normalized spacial score (nSPS) is 14.5. The first-order valence-corrected chi connectivity index (χ1v) is 12.2. The molecule has 4 nitrogen and oxygen atoms in total. The minimum absolute atomic E-state index is 0.0110. The summed E-state index contributed by atoms with van der Waals surface area (Å²) in [6.45, 7) is 4.67. The number of carbonyl (C=O) groups is 1. The number of nitrogens with zero attached hydrogens (tertiary/aromatic N) is 2. The SMILES string of the molecule is COc1ccc([C@@H](CC(=O)N2CCCC2)c2cn(Cc3ccc(C)cc3)c3ccccc23)cc1. The molecule has 0 radical (unpaired) electrons. The quantitative estimate of drug-likeness (QED) is 0.337. The Labute approximate surface area is 201 Å². The number of aromatic nitrogens is 1. The maximum Gasteiger partial charge on any atom is 0.223 e. The third-order valence-corrected chi connectivity index (χ3v) is 7.02. The highest BCUT2D eigenvalue weighted by Gasteiger charge is 2.26. The van der Waals surface area contributed by atoms with Crippen LogP contribution >= 0.6 is 0 Å². The van der Waals surface area contributed by atoms with E-state index in [1.165, 1.54) is 27.6 Å². The molecule has 5 rings (SSSR count). The van der Waals surface area contributed by atoms with E-state index >= 15 is 0 Å². The van der Waals surface area contributed by atoms with Crippen molar-refractivity contribution in [3.05, 3.63) is 101 Å². The standard InChI is InChI=1S/C30H32N2O2/c1-22-9-11-23(12-10-22)20-32-21-28(26-7-3-4-8-29(26)32)27(19-30(33)31-17-5-6-18-31)24-13-15-25(34-2)16-14-24/h3-4,7-16,21,27H,5-6,17-20H2,1-2H3/t27-/m1/s1. The molecule has 0 spiro atoms. The molecule has 1 fully saturated rings. The Morgan fingerprint density at radius 3 is 2.35 bits per heavy atom. The molecule has 1 saturated heterocycles. The first-order valence-electron chi connectivity index (χ1n) is 12.2. The Morgan fingerprint density at radius 1 is 0.941 bits per heavy atom. The molecule has 1 amide bonds. The van der Waals surface area contributed by atoms with Crippen LogP contribution in [0.2, 0.25) is 0 Å². The van der Waals surface area contributed by atoms with Gasteiger partial charge in [-0.1, -0.05) is 60.2 Å². The molecule has 2 heterocycles. The predicted molar refractivity (Wildman–Crippen MR) is 137 cm³/mol. The molecule has 0 bridgehead atoms. The number of carbonyl (C=O) groups excluding carboxylic acids is 1. The molecule has 4 aromatic rings. The van der Waals surface area contributed by atoms with Crippen molar-refractivity contribution in [3.8, 4) is 5.75 Å². The predicted octanol–water partition coefficient (Wildman–Crippen LogP) is 6.15. The van der Waals surface area contributed by atoms with Gasteiger partial charge in [-0.15, -0.1) is 0 Å². The van der Waals surface area contributed by atoms with Gasteiger partial charge in [0.15, 0.2) is 0 Å². The van der Waals surface area contributed by atoms with Gasteiger partial charge in [0.25, 0.3) is 0 Å². The molecule has 1 aromatic heterocycles. The van der Waals surface area contributed by atoms with Crippen molar-refractivity contribution in [1.29, 1.82) is 0 Å². The molecule has 174 valence electrons. The first kappa shape index (κ1) is 22.3. The molecule has 1 aliphatic heterocycles. The number of rotatable bonds is 7. The Kier molecular flexibility index (Phi) is 6.39. The van der Waals surface area contributed by atoms with Crippen LogP contribution in [0, 0.1) is 6.92 Å². The van der Waals surface area contributed by atoms with Crippen molar-refractivity contribution in [2.75, 3.05) is 20.2 Å². The summed E-state index contributed by atoms with van der Waals surface area (Å²) in [6.07, 6.45) is 4.95. The van der Waals surface area contributed by atoms with Crippen molar-refractivity contribution in [3.63, 3.8) is 0 Å². The van der Waals surface area contributed by atoms with Gasteiger partial charge in [0.05, 0.1) is 7.11 Å². The maximum absolute atomic E-state index is 13.3. The molecule has 0 N–H and O–H groups in total. The van der Waals surface area contributed by atoms with E-state index in [4.69, 9.17) is 4.74 Å². The molecule has 3 aromatic carbocycles. The fourth-order valence-corrected chi connectivity index (χ4v) is 5.09. The minimum Gasteiger partial charge on any atom is -0.497 e. The van der Waals surface area contributed by atoms with Gasteiger partial charge >= 0.3 is 0 Å². The van der Waals surface area contributed by atoms with E-state index in [0.29, 0.717) is 6.42 Å². The fourth-order valence-electron chi connectivity index (χ4n) is 5.09. The average Bonchev–Trinajstić information content (AvgIpc) is 3.53. The van der Waals surface area contributed by atoms with Gasteiger partial charge < -0.3 is 14.2 Å². The summed E-state index contributed by atoms with van der Waals surface area (Å²) in [5.41, 5.74) is 6.09. The van der Waals surface area contributed by atoms with Gasteiger partial charge in [-0.25, -0.2) is 0 Å². The molecule has 34 heavy (non-hydrogen) atoms. The number of amides is 1. The Morgan fingerprint density at radius 2 is 1.65 bits per heavy atom. The summed E-state index contributed by atoms with van der Waals surface area (Å²) < 4.78 is 7.71. The number of hydrogen-bond acceptors (Lipinski definition) is 2. The van der Waals surface area contributed by atoms with E-state index in [1.54, 1.807) is 7.11 Å². The van der Waals surface area contributed by atoms with Crippen LogP contribution in [0.25, 0.3) is 10.9 Å². The number of likely N-dealkylation sites (tertiary alicyclic amines) is 1. The van der Waals surface area contributed by atoms with Crippen molar-refractivity contribution in [1.82, 2.24) is 9.47 Å². The van der Waals surface area contributed by atoms with E-state index < -0.39 is 0 Å². The molecule has 0 saturated carbocycles. The largest absolute Gasteiger partial charge is 0.497 e. The summed E-state index contributed by atoms with van der Waals surface area (Å²) >= 11 is 0. The zero-order valence-corrected chi connectivity index (χ0v) is 20.0. The maximum atomic E-state index is 13.3. The van der Waals surface area contributed by atoms with Crippen LogP contribution < -0.4 is 4.74 Å². The van der Waals surface area contributed by atoms with Crippen LogP contribution in [0.4, 0.5) is 0 Å². The lowest BCUT2D eigenvalue weighted by atomic mass is 9.87. The molecule has 0 unspecified atom stereocenters. The number of fused-ring (bicyclic) bond motifs is 1. The zero-order chi connectivity index (χ0) is 23.5. The van der Waals surface area contributed by atoms with Gasteiger partial charge in [-0.2, -0.15) is 0 Å². The Bertz CT molecular complexity index is 1270. The molecule has 1 atom stereocenters. The van der Waals surface area contributed by atoms with Crippen LogP contribution in [-0.4, -0.2) is 35.6 Å². The Hall–Kier alpha value is -3.53. The second-order valence-electron chi connectivity index (χ2n) is 9.33. The summed E-state index contributed by atoms with van der Waals surface area (Å²) in [4.78, 5) is 15.3. The van der Waals surface area contributed by atoms with Crippen LogP contribution in [-0.2, 0) is 11.3 Å². The van der Waals surface area contributed by atoms with Crippen LogP contribution in [0.5, 0.6) is 5.75 Å². The number of methoxy groups -OCH3 is 1. The second kappa shape index (κ2) is 9.76. The van der Waals surface area contributed by atoms with Crippen LogP contribution in [0.1, 0.15) is 47.4 Å². The lowest BCUT2D eigenvalue weighted by Gasteiger charge is -2.21. The van der Waals surface area contributed by atoms with Gasteiger partial charge in [0, 0.05) is 49.1 Å². The third kappa shape index (κ3) is 4.58. The molecular weight excluding hydrogens is 420 g/mol. The van der Waals surface area contributed by atoms with Crippen LogP contribution in [0.15, 0.2) is 79.0 Å². The molecule has 4 heteroatoms. The summed E-state index contributed by atoms with van der Waals surface area (Å²) in [6, 6.07) is 25.5. The monoisotopic (exact) mass is 452 g/mol. The summed E-state index contributed by atoms with van der Waals surface area (Å²) in [7, 11) is 1.68. The van der Waals surface area contributed by atoms with Gasteiger partial charge in [-0.3, -0.25) is 4.79 Å². The second-order valence-corrected chi connectivity index (χ2v) is 9.33. The van der Waals surface area contributed by atoms with Crippen molar-refractivity contribution in [2.24, 2.45) is 0 Å². The minimum atomic E-state index is -0.0110. The van der Waals surface area contributed by atoms with E-state index in [-0.39, 0.29) is 11.8 Å². The van der Waals surface area contributed by atoms with Crippen LogP contribution in [0.3, 0.4) is 0 Å². The fraction of sp³-hybridized carbons (Fsp3) is 0.300. The molecule has 0 aliphatic carbocycles. The van der Waals surface area contributed by atoms with Gasteiger partial charge in [-0.05, 0) is 54.7 Å². The average molecular weight is 453 g/mol. The highest BCUT2D eigenvalue weighted by atomic mass is 16.5. The number of benzene rings is 3. The smallest absolute Gasteiger partial charge is 0.223 e.